The standard InChI is InChI=1S/C10H12S/c1-3-4-9(2)7-10-5-6-11-8-10/h3-6,8H,2,7H2,1H3/b4-3-. The van der Waals surface area contributed by atoms with Crippen LogP contribution in [0.1, 0.15) is 12.5 Å². The highest BCUT2D eigenvalue weighted by Gasteiger charge is 1.92. The molecule has 1 heterocycles. The van der Waals surface area contributed by atoms with Gasteiger partial charge in [-0.05, 0) is 35.7 Å². The molecule has 0 unspecified atom stereocenters. The summed E-state index contributed by atoms with van der Waals surface area (Å²) in [6.45, 7) is 5.95. The van der Waals surface area contributed by atoms with E-state index in [0.717, 1.165) is 6.42 Å². The maximum absolute atomic E-state index is 3.94. The Morgan fingerprint density at radius 3 is 3.09 bits per heavy atom. The highest BCUT2D eigenvalue weighted by atomic mass is 32.1. The minimum atomic E-state index is 0.980. The lowest BCUT2D eigenvalue weighted by molar-refractivity contribution is 1.22. The molecule has 1 heteroatoms. The Bertz CT molecular complexity index is 242. The molecule has 0 radical (unpaired) electrons. The average Bonchev–Trinajstić information content (AvgIpc) is 2.40. The molecule has 58 valence electrons. The van der Waals surface area contributed by atoms with Crippen LogP contribution in [-0.4, -0.2) is 0 Å². The Kier molecular flexibility index (Phi) is 3.12. The molecule has 0 fully saturated rings. The van der Waals surface area contributed by atoms with Crippen LogP contribution in [0.3, 0.4) is 0 Å². The molecule has 0 saturated heterocycles. The maximum Gasteiger partial charge on any atom is -0.00235 e. The lowest BCUT2D eigenvalue weighted by Gasteiger charge is -1.94. The van der Waals surface area contributed by atoms with Crippen LogP contribution in [0.5, 0.6) is 0 Å². The van der Waals surface area contributed by atoms with E-state index in [2.05, 4.69) is 29.5 Å². The lowest BCUT2D eigenvalue weighted by Crippen LogP contribution is -1.81. The van der Waals surface area contributed by atoms with Crippen molar-refractivity contribution in [2.45, 2.75) is 13.3 Å². The van der Waals surface area contributed by atoms with Gasteiger partial charge in [0, 0.05) is 0 Å². The summed E-state index contributed by atoms with van der Waals surface area (Å²) < 4.78 is 0. The van der Waals surface area contributed by atoms with E-state index < -0.39 is 0 Å². The van der Waals surface area contributed by atoms with Gasteiger partial charge in [0.05, 0.1) is 0 Å². The molecule has 1 rings (SSSR count). The summed E-state index contributed by atoms with van der Waals surface area (Å²) in [5.41, 5.74) is 2.53. The summed E-state index contributed by atoms with van der Waals surface area (Å²) in [7, 11) is 0. The van der Waals surface area contributed by atoms with Gasteiger partial charge in [-0.15, -0.1) is 0 Å². The van der Waals surface area contributed by atoms with Crippen LogP contribution in [0.15, 0.2) is 41.1 Å². The van der Waals surface area contributed by atoms with Gasteiger partial charge in [0.2, 0.25) is 0 Å². The molecule has 1 aromatic heterocycles. The number of hydrogen-bond acceptors (Lipinski definition) is 1. The fourth-order valence-electron chi connectivity index (χ4n) is 0.950. The summed E-state index contributed by atoms with van der Waals surface area (Å²) in [6.07, 6.45) is 5.06. The zero-order valence-corrected chi connectivity index (χ0v) is 7.53. The van der Waals surface area contributed by atoms with Crippen molar-refractivity contribution in [3.05, 3.63) is 46.7 Å². The van der Waals surface area contributed by atoms with Crippen LogP contribution in [0.2, 0.25) is 0 Å². The van der Waals surface area contributed by atoms with Gasteiger partial charge in [-0.2, -0.15) is 11.3 Å². The van der Waals surface area contributed by atoms with Gasteiger partial charge in [-0.3, -0.25) is 0 Å². The zero-order valence-electron chi connectivity index (χ0n) is 6.71. The first-order valence-electron chi connectivity index (χ1n) is 3.64. The van der Waals surface area contributed by atoms with E-state index in [9.17, 15) is 0 Å². The minimum Gasteiger partial charge on any atom is -0.152 e. The fourth-order valence-corrected chi connectivity index (χ4v) is 1.62. The Morgan fingerprint density at radius 1 is 1.73 bits per heavy atom. The highest BCUT2D eigenvalue weighted by molar-refractivity contribution is 7.07. The van der Waals surface area contributed by atoms with Crippen molar-refractivity contribution in [2.75, 3.05) is 0 Å². The smallest absolute Gasteiger partial charge is 0.00235 e. The van der Waals surface area contributed by atoms with Crippen LogP contribution in [0.25, 0.3) is 0 Å². The monoisotopic (exact) mass is 164 g/mol. The van der Waals surface area contributed by atoms with Crippen molar-refractivity contribution in [2.24, 2.45) is 0 Å². The van der Waals surface area contributed by atoms with Crippen LogP contribution >= 0.6 is 11.3 Å². The summed E-state index contributed by atoms with van der Waals surface area (Å²) in [6, 6.07) is 2.14. The molecule has 0 aliphatic rings. The summed E-state index contributed by atoms with van der Waals surface area (Å²) in [5, 5.41) is 4.26. The molecule has 0 aliphatic carbocycles. The lowest BCUT2D eigenvalue weighted by atomic mass is 10.1. The molecule has 0 saturated carbocycles. The second-order valence-corrected chi connectivity index (χ2v) is 3.25. The number of allylic oxidation sites excluding steroid dienone is 3. The van der Waals surface area contributed by atoms with E-state index in [4.69, 9.17) is 0 Å². The van der Waals surface area contributed by atoms with Crippen molar-refractivity contribution >= 4 is 11.3 Å². The first-order valence-corrected chi connectivity index (χ1v) is 4.58. The normalized spacial score (nSPS) is 10.6. The van der Waals surface area contributed by atoms with Gasteiger partial charge in [0.1, 0.15) is 0 Å². The molecule has 0 amide bonds. The third kappa shape index (κ3) is 2.72. The molecule has 0 N–H and O–H groups in total. The summed E-state index contributed by atoms with van der Waals surface area (Å²) in [5.74, 6) is 0. The van der Waals surface area contributed by atoms with Crippen molar-refractivity contribution in [3.8, 4) is 0 Å². The summed E-state index contributed by atoms with van der Waals surface area (Å²) >= 11 is 1.73. The predicted octanol–water partition coefficient (Wildman–Crippen LogP) is 3.42. The molecular weight excluding hydrogens is 152 g/mol. The number of rotatable bonds is 3. The molecule has 0 aromatic carbocycles. The van der Waals surface area contributed by atoms with Gasteiger partial charge < -0.3 is 0 Å². The van der Waals surface area contributed by atoms with Gasteiger partial charge >= 0.3 is 0 Å². The largest absolute Gasteiger partial charge is 0.152 e. The topological polar surface area (TPSA) is 0 Å². The molecule has 0 nitrogen and oxygen atoms in total. The van der Waals surface area contributed by atoms with Crippen LogP contribution in [0, 0.1) is 0 Å². The van der Waals surface area contributed by atoms with Crippen LogP contribution < -0.4 is 0 Å². The van der Waals surface area contributed by atoms with Crippen molar-refractivity contribution in [1.82, 2.24) is 0 Å². The predicted molar refractivity (Wildman–Crippen MR) is 52.0 cm³/mol. The highest BCUT2D eigenvalue weighted by Crippen LogP contribution is 2.11. The van der Waals surface area contributed by atoms with E-state index in [1.807, 2.05) is 13.0 Å². The minimum absolute atomic E-state index is 0.980. The number of thiophene rings is 1. The maximum atomic E-state index is 3.94. The quantitative estimate of drug-likeness (QED) is 0.600. The number of hydrogen-bond donors (Lipinski definition) is 0. The van der Waals surface area contributed by atoms with Crippen molar-refractivity contribution < 1.29 is 0 Å². The van der Waals surface area contributed by atoms with E-state index in [1.165, 1.54) is 11.1 Å². The van der Waals surface area contributed by atoms with Crippen LogP contribution in [0.4, 0.5) is 0 Å². The second kappa shape index (κ2) is 4.14. The Hall–Kier alpha value is -0.820. The van der Waals surface area contributed by atoms with Crippen molar-refractivity contribution in [1.29, 1.82) is 0 Å². The molecule has 1 aromatic rings. The first-order chi connectivity index (χ1) is 5.33. The van der Waals surface area contributed by atoms with Gasteiger partial charge in [0.15, 0.2) is 0 Å². The molecular formula is C10H12S. The zero-order chi connectivity index (χ0) is 8.10. The average molecular weight is 164 g/mol. The Balaban J connectivity index is 2.50. The van der Waals surface area contributed by atoms with Gasteiger partial charge in [-0.1, -0.05) is 24.3 Å². The van der Waals surface area contributed by atoms with E-state index >= 15 is 0 Å². The molecule has 0 spiro atoms. The third-order valence-corrected chi connectivity index (χ3v) is 2.15. The first kappa shape index (κ1) is 8.28. The van der Waals surface area contributed by atoms with Crippen molar-refractivity contribution in [3.63, 3.8) is 0 Å². The molecule has 0 bridgehead atoms. The summed E-state index contributed by atoms with van der Waals surface area (Å²) in [4.78, 5) is 0. The Labute approximate surface area is 71.9 Å². The van der Waals surface area contributed by atoms with E-state index in [0.29, 0.717) is 0 Å². The van der Waals surface area contributed by atoms with E-state index in [-0.39, 0.29) is 0 Å². The Morgan fingerprint density at radius 2 is 2.55 bits per heavy atom. The molecule has 11 heavy (non-hydrogen) atoms. The SMILES string of the molecule is C=C(/C=C\C)Cc1ccsc1. The van der Waals surface area contributed by atoms with Crippen LogP contribution in [-0.2, 0) is 6.42 Å². The second-order valence-electron chi connectivity index (χ2n) is 2.47. The van der Waals surface area contributed by atoms with Gasteiger partial charge in [-0.25, -0.2) is 0 Å². The van der Waals surface area contributed by atoms with E-state index in [1.54, 1.807) is 11.3 Å². The molecule has 0 aliphatic heterocycles. The fraction of sp³-hybridized carbons (Fsp3) is 0.200. The van der Waals surface area contributed by atoms with Gasteiger partial charge in [0.25, 0.3) is 0 Å². The molecule has 0 atom stereocenters. The third-order valence-electron chi connectivity index (χ3n) is 1.41.